The number of ether oxygens (including phenoxy) is 4. The van der Waals surface area contributed by atoms with E-state index in [9.17, 15) is 4.79 Å². The van der Waals surface area contributed by atoms with Crippen LogP contribution in [0.4, 0.5) is 4.79 Å². The first-order valence-electron chi connectivity index (χ1n) is 6.00. The van der Waals surface area contributed by atoms with Crippen molar-refractivity contribution in [2.45, 2.75) is 50.1 Å². The highest BCUT2D eigenvalue weighted by atomic mass is 16.8. The Balaban J connectivity index is 1.69. The largest absolute Gasteiger partial charge is 0.447 e. The molecule has 1 amide bonds. The number of carbonyl (C=O) groups is 1. The molecule has 4 saturated heterocycles. The van der Waals surface area contributed by atoms with Crippen LogP contribution < -0.4 is 0 Å². The predicted octanol–water partition coefficient (Wildman–Crippen LogP) is 0.108. The zero-order valence-electron chi connectivity index (χ0n) is 9.79. The van der Waals surface area contributed by atoms with E-state index < -0.39 is 5.79 Å². The molecule has 4 fully saturated rings. The monoisotopic (exact) mass is 241 g/mol. The Morgan fingerprint density at radius 3 is 2.82 bits per heavy atom. The summed E-state index contributed by atoms with van der Waals surface area (Å²) in [6, 6.07) is -0.0364. The van der Waals surface area contributed by atoms with Gasteiger partial charge in [-0.05, 0) is 13.8 Å². The molecule has 5 atom stereocenters. The molecule has 6 nitrogen and oxygen atoms in total. The van der Waals surface area contributed by atoms with Crippen LogP contribution in [0.1, 0.15) is 13.8 Å². The van der Waals surface area contributed by atoms with Gasteiger partial charge < -0.3 is 18.9 Å². The first-order chi connectivity index (χ1) is 8.05. The summed E-state index contributed by atoms with van der Waals surface area (Å²) < 4.78 is 22.5. The van der Waals surface area contributed by atoms with Gasteiger partial charge in [0.25, 0.3) is 0 Å². The van der Waals surface area contributed by atoms with Crippen molar-refractivity contribution in [3.63, 3.8) is 0 Å². The van der Waals surface area contributed by atoms with Gasteiger partial charge in [0.1, 0.15) is 31.0 Å². The fourth-order valence-electron chi connectivity index (χ4n) is 3.10. The van der Waals surface area contributed by atoms with Crippen molar-refractivity contribution in [2.75, 3.05) is 13.2 Å². The Kier molecular flexibility index (Phi) is 1.74. The normalized spacial score (nSPS) is 50.1. The molecule has 0 aromatic heterocycles. The molecule has 4 aliphatic heterocycles. The molecule has 17 heavy (non-hydrogen) atoms. The summed E-state index contributed by atoms with van der Waals surface area (Å²) in [5, 5.41) is 0. The number of fused-ring (bicyclic) bond motifs is 5. The lowest BCUT2D eigenvalue weighted by Crippen LogP contribution is -2.46. The lowest BCUT2D eigenvalue weighted by Gasteiger charge is -2.25. The smallest absolute Gasteiger partial charge is 0.410 e. The second-order valence-electron chi connectivity index (χ2n) is 5.50. The van der Waals surface area contributed by atoms with E-state index in [4.69, 9.17) is 18.9 Å². The molecule has 0 unspecified atom stereocenters. The summed E-state index contributed by atoms with van der Waals surface area (Å²) >= 11 is 0. The van der Waals surface area contributed by atoms with Gasteiger partial charge in [0.05, 0.1) is 12.6 Å². The van der Waals surface area contributed by atoms with E-state index in [-0.39, 0.29) is 36.6 Å². The summed E-state index contributed by atoms with van der Waals surface area (Å²) in [5.41, 5.74) is 0. The molecule has 0 aromatic carbocycles. The zero-order chi connectivity index (χ0) is 11.8. The summed E-state index contributed by atoms with van der Waals surface area (Å²) in [6.07, 6.45) is -0.345. The Labute approximate surface area is 98.7 Å². The molecule has 0 spiro atoms. The molecule has 0 radical (unpaired) electrons. The average Bonchev–Trinajstić information content (AvgIpc) is 2.84. The van der Waals surface area contributed by atoms with Crippen LogP contribution in [0.2, 0.25) is 0 Å². The Morgan fingerprint density at radius 1 is 1.24 bits per heavy atom. The zero-order valence-corrected chi connectivity index (χ0v) is 9.79. The SMILES string of the molecule is CC1(C)O[C@@H]2[C@@H]3O[C@@H]3CN3C(=O)OC[C@H]3[C@H]2O1. The maximum atomic E-state index is 11.6. The standard InChI is InChI=1S/C11H15NO5/c1-11(2)16-7-5-4-14-10(13)12(5)3-6-8(15-6)9(7)17-11/h5-9H,3-4H2,1-2H3/t5-,6+,7+,8+,9-/m0/s1. The molecule has 4 aliphatic rings. The van der Waals surface area contributed by atoms with Crippen LogP contribution >= 0.6 is 0 Å². The topological polar surface area (TPSA) is 60.5 Å². The number of rotatable bonds is 0. The molecule has 0 N–H and O–H groups in total. The fraction of sp³-hybridized carbons (Fsp3) is 0.909. The first kappa shape index (κ1) is 10.1. The van der Waals surface area contributed by atoms with Gasteiger partial charge in [-0.15, -0.1) is 0 Å². The van der Waals surface area contributed by atoms with Crippen LogP contribution in [0.3, 0.4) is 0 Å². The van der Waals surface area contributed by atoms with Crippen molar-refractivity contribution >= 4 is 6.09 Å². The van der Waals surface area contributed by atoms with Crippen LogP contribution in [0, 0.1) is 0 Å². The second-order valence-corrected chi connectivity index (χ2v) is 5.50. The molecule has 4 rings (SSSR count). The number of amides is 1. The van der Waals surface area contributed by atoms with Crippen molar-refractivity contribution < 1.29 is 23.7 Å². The highest BCUT2D eigenvalue weighted by Crippen LogP contribution is 2.44. The highest BCUT2D eigenvalue weighted by molar-refractivity contribution is 5.70. The maximum Gasteiger partial charge on any atom is 0.410 e. The Morgan fingerprint density at radius 2 is 2.00 bits per heavy atom. The number of epoxide rings is 1. The first-order valence-corrected chi connectivity index (χ1v) is 6.00. The van der Waals surface area contributed by atoms with Crippen molar-refractivity contribution in [1.82, 2.24) is 4.90 Å². The lowest BCUT2D eigenvalue weighted by atomic mass is 10.0. The van der Waals surface area contributed by atoms with Crippen molar-refractivity contribution in [2.24, 2.45) is 0 Å². The minimum absolute atomic E-state index is 0.0364. The van der Waals surface area contributed by atoms with E-state index >= 15 is 0 Å². The van der Waals surface area contributed by atoms with Crippen molar-refractivity contribution in [1.29, 1.82) is 0 Å². The van der Waals surface area contributed by atoms with Crippen LogP contribution in [-0.2, 0) is 18.9 Å². The summed E-state index contributed by atoms with van der Waals surface area (Å²) in [4.78, 5) is 13.3. The number of nitrogens with zero attached hydrogens (tertiary/aromatic N) is 1. The van der Waals surface area contributed by atoms with Crippen molar-refractivity contribution in [3.8, 4) is 0 Å². The van der Waals surface area contributed by atoms with Crippen LogP contribution in [0.5, 0.6) is 0 Å². The summed E-state index contributed by atoms with van der Waals surface area (Å²) in [5.74, 6) is -0.611. The van der Waals surface area contributed by atoms with E-state index in [2.05, 4.69) is 0 Å². The number of cyclic esters (lactones) is 1. The van der Waals surface area contributed by atoms with Gasteiger partial charge in [0.15, 0.2) is 5.79 Å². The van der Waals surface area contributed by atoms with Crippen LogP contribution in [0.15, 0.2) is 0 Å². The van der Waals surface area contributed by atoms with E-state index in [1.807, 2.05) is 13.8 Å². The number of hydrogen-bond acceptors (Lipinski definition) is 5. The van der Waals surface area contributed by atoms with E-state index in [0.717, 1.165) is 0 Å². The fourth-order valence-corrected chi connectivity index (χ4v) is 3.10. The third-order valence-corrected chi connectivity index (χ3v) is 3.88. The summed E-state index contributed by atoms with van der Waals surface area (Å²) in [7, 11) is 0. The Bertz CT molecular complexity index is 384. The van der Waals surface area contributed by atoms with Gasteiger partial charge in [0.2, 0.25) is 0 Å². The van der Waals surface area contributed by atoms with Gasteiger partial charge in [0, 0.05) is 0 Å². The Hall–Kier alpha value is -0.850. The molecule has 94 valence electrons. The minimum Gasteiger partial charge on any atom is -0.447 e. The third-order valence-electron chi connectivity index (χ3n) is 3.88. The molecule has 4 heterocycles. The van der Waals surface area contributed by atoms with Gasteiger partial charge in [-0.3, -0.25) is 4.90 Å². The van der Waals surface area contributed by atoms with E-state index in [0.29, 0.717) is 13.2 Å². The van der Waals surface area contributed by atoms with Gasteiger partial charge in [-0.25, -0.2) is 4.79 Å². The highest BCUT2D eigenvalue weighted by Gasteiger charge is 2.63. The molecule has 0 bridgehead atoms. The van der Waals surface area contributed by atoms with Crippen LogP contribution in [-0.4, -0.2) is 60.4 Å². The molecule has 6 heteroatoms. The summed E-state index contributed by atoms with van der Waals surface area (Å²) in [6.45, 7) is 4.76. The molecule has 0 aromatic rings. The van der Waals surface area contributed by atoms with Gasteiger partial charge >= 0.3 is 6.09 Å². The molecule has 0 aliphatic carbocycles. The lowest BCUT2D eigenvalue weighted by molar-refractivity contribution is -0.151. The molecular weight excluding hydrogens is 226 g/mol. The van der Waals surface area contributed by atoms with Gasteiger partial charge in [-0.2, -0.15) is 0 Å². The molecular formula is C11H15NO5. The number of hydrogen-bond donors (Lipinski definition) is 0. The van der Waals surface area contributed by atoms with Crippen molar-refractivity contribution in [3.05, 3.63) is 0 Å². The van der Waals surface area contributed by atoms with E-state index in [1.165, 1.54) is 0 Å². The van der Waals surface area contributed by atoms with Gasteiger partial charge in [-0.1, -0.05) is 0 Å². The molecule has 0 saturated carbocycles. The van der Waals surface area contributed by atoms with E-state index in [1.54, 1.807) is 4.90 Å². The quantitative estimate of drug-likeness (QED) is 0.563. The third kappa shape index (κ3) is 1.34. The predicted molar refractivity (Wildman–Crippen MR) is 54.3 cm³/mol. The second kappa shape index (κ2) is 2.93. The number of carbonyl (C=O) groups excluding carboxylic acids is 1. The average molecular weight is 241 g/mol. The van der Waals surface area contributed by atoms with Crippen LogP contribution in [0.25, 0.3) is 0 Å². The minimum atomic E-state index is -0.611. The maximum absolute atomic E-state index is 11.6.